The van der Waals surface area contributed by atoms with Crippen LogP contribution in [-0.2, 0) is 5.88 Å². The third-order valence-electron chi connectivity index (χ3n) is 0.684. The summed E-state index contributed by atoms with van der Waals surface area (Å²) in [6, 6.07) is 0. The molecule has 1 aromatic heterocycles. The number of nitrogens with zero attached hydrogens (tertiary/aromatic N) is 2. The molecule has 2 nitrogen and oxygen atoms in total. The Hall–Kier alpha value is -0.150. The zero-order valence-electron chi connectivity index (χ0n) is 4.39. The molecule has 0 aromatic carbocycles. The van der Waals surface area contributed by atoms with Gasteiger partial charge >= 0.3 is 0 Å². The molecular formula is C4H5ClN2S. The van der Waals surface area contributed by atoms with Gasteiger partial charge in [-0.25, -0.2) is 4.98 Å². The van der Waals surface area contributed by atoms with Crippen molar-refractivity contribution in [2.75, 3.05) is 0 Å². The van der Waals surface area contributed by atoms with E-state index in [-0.39, 0.29) is 0 Å². The lowest BCUT2D eigenvalue weighted by Gasteiger charge is -1.74. The second-order valence-corrected chi connectivity index (χ2v) is 2.47. The second kappa shape index (κ2) is 2.42. The molecule has 0 unspecified atom stereocenters. The summed E-state index contributed by atoms with van der Waals surface area (Å²) in [6.45, 7) is 1.85. The molecule has 0 N–H and O–H groups in total. The molecule has 0 radical (unpaired) electrons. The van der Waals surface area contributed by atoms with E-state index in [0.29, 0.717) is 5.88 Å². The number of hydrogen-bond donors (Lipinski definition) is 0. The summed E-state index contributed by atoms with van der Waals surface area (Å²) < 4.78 is 3.93. The summed E-state index contributed by atoms with van der Waals surface area (Å²) in [5.74, 6) is 1.29. The van der Waals surface area contributed by atoms with E-state index < -0.39 is 0 Å². The van der Waals surface area contributed by atoms with Crippen LogP contribution in [0.5, 0.6) is 0 Å². The number of alkyl halides is 1. The fourth-order valence-electron chi connectivity index (χ4n) is 0.394. The summed E-state index contributed by atoms with van der Waals surface area (Å²) in [4.78, 5) is 4.00. The first-order valence-electron chi connectivity index (χ1n) is 2.18. The fourth-order valence-corrected chi connectivity index (χ4v) is 1.10. The van der Waals surface area contributed by atoms with Gasteiger partial charge in [0.25, 0.3) is 0 Å². The fraction of sp³-hybridized carbons (Fsp3) is 0.500. The number of hydrogen-bond acceptors (Lipinski definition) is 3. The first-order chi connectivity index (χ1) is 3.83. The van der Waals surface area contributed by atoms with Crippen molar-refractivity contribution in [2.45, 2.75) is 12.8 Å². The van der Waals surface area contributed by atoms with Gasteiger partial charge in [-0.3, -0.25) is 0 Å². The normalized spacial score (nSPS) is 9.75. The van der Waals surface area contributed by atoms with Crippen molar-refractivity contribution in [2.24, 2.45) is 0 Å². The SMILES string of the molecule is Cc1nsc(CCl)n1. The monoisotopic (exact) mass is 148 g/mol. The third kappa shape index (κ3) is 1.17. The van der Waals surface area contributed by atoms with Crippen LogP contribution in [0.25, 0.3) is 0 Å². The lowest BCUT2D eigenvalue weighted by Crippen LogP contribution is -1.74. The smallest absolute Gasteiger partial charge is 0.139 e. The Labute approximate surface area is 56.7 Å². The van der Waals surface area contributed by atoms with Crippen molar-refractivity contribution in [1.29, 1.82) is 0 Å². The highest BCUT2D eigenvalue weighted by atomic mass is 35.5. The average molecular weight is 149 g/mol. The van der Waals surface area contributed by atoms with Crippen LogP contribution in [0.15, 0.2) is 0 Å². The van der Waals surface area contributed by atoms with E-state index in [9.17, 15) is 0 Å². The van der Waals surface area contributed by atoms with Crippen LogP contribution < -0.4 is 0 Å². The third-order valence-corrected chi connectivity index (χ3v) is 1.90. The Morgan fingerprint density at radius 3 is 2.75 bits per heavy atom. The van der Waals surface area contributed by atoms with Gasteiger partial charge in [0.15, 0.2) is 0 Å². The Balaban J connectivity index is 2.84. The van der Waals surface area contributed by atoms with Crippen LogP contribution in [0.2, 0.25) is 0 Å². The molecule has 4 heteroatoms. The van der Waals surface area contributed by atoms with Crippen molar-refractivity contribution in [3.8, 4) is 0 Å². The van der Waals surface area contributed by atoms with Gasteiger partial charge in [-0.2, -0.15) is 4.37 Å². The molecule has 0 atom stereocenters. The minimum Gasteiger partial charge on any atom is -0.224 e. The molecule has 0 amide bonds. The van der Waals surface area contributed by atoms with Crippen molar-refractivity contribution in [1.82, 2.24) is 9.36 Å². The van der Waals surface area contributed by atoms with E-state index in [1.807, 2.05) is 6.92 Å². The first kappa shape index (κ1) is 5.98. The Morgan fingerprint density at radius 1 is 1.75 bits per heavy atom. The van der Waals surface area contributed by atoms with Crippen LogP contribution in [0.4, 0.5) is 0 Å². The zero-order valence-corrected chi connectivity index (χ0v) is 5.96. The van der Waals surface area contributed by atoms with Crippen LogP contribution >= 0.6 is 23.1 Å². The second-order valence-electron chi connectivity index (χ2n) is 1.37. The van der Waals surface area contributed by atoms with Crippen molar-refractivity contribution < 1.29 is 0 Å². The summed E-state index contributed by atoms with van der Waals surface area (Å²) in [7, 11) is 0. The van der Waals surface area contributed by atoms with E-state index in [0.717, 1.165) is 10.8 Å². The van der Waals surface area contributed by atoms with Gasteiger partial charge in [-0.1, -0.05) is 0 Å². The lowest BCUT2D eigenvalue weighted by atomic mass is 10.7. The summed E-state index contributed by atoms with van der Waals surface area (Å²) in [5, 5.41) is 0.893. The van der Waals surface area contributed by atoms with Gasteiger partial charge in [0.05, 0.1) is 5.88 Å². The molecule has 0 aliphatic carbocycles. The van der Waals surface area contributed by atoms with Crippen molar-refractivity contribution in [3.63, 3.8) is 0 Å². The summed E-state index contributed by atoms with van der Waals surface area (Å²) >= 11 is 6.80. The van der Waals surface area contributed by atoms with E-state index in [1.54, 1.807) is 0 Å². The van der Waals surface area contributed by atoms with Crippen LogP contribution in [-0.4, -0.2) is 9.36 Å². The standard InChI is InChI=1S/C4H5ClN2S/c1-3-6-4(2-5)8-7-3/h2H2,1H3. The Morgan fingerprint density at radius 2 is 2.50 bits per heavy atom. The zero-order chi connectivity index (χ0) is 5.98. The van der Waals surface area contributed by atoms with Gasteiger partial charge in [-0.15, -0.1) is 11.6 Å². The van der Waals surface area contributed by atoms with Crippen LogP contribution in [0.1, 0.15) is 10.8 Å². The van der Waals surface area contributed by atoms with E-state index in [4.69, 9.17) is 11.6 Å². The molecule has 1 aromatic rings. The number of aryl methyl sites for hydroxylation is 1. The minimum absolute atomic E-state index is 0.478. The Kier molecular flexibility index (Phi) is 1.81. The molecule has 0 aliphatic rings. The maximum Gasteiger partial charge on any atom is 0.139 e. The molecule has 44 valence electrons. The number of halogens is 1. The number of rotatable bonds is 1. The van der Waals surface area contributed by atoms with Crippen molar-refractivity contribution >= 4 is 23.1 Å². The molecule has 0 spiro atoms. The van der Waals surface area contributed by atoms with Crippen LogP contribution in [0, 0.1) is 6.92 Å². The highest BCUT2D eigenvalue weighted by Crippen LogP contribution is 2.05. The van der Waals surface area contributed by atoms with E-state index >= 15 is 0 Å². The quantitative estimate of drug-likeness (QED) is 0.566. The molecule has 1 rings (SSSR count). The first-order valence-corrected chi connectivity index (χ1v) is 3.49. The lowest BCUT2D eigenvalue weighted by molar-refractivity contribution is 1.12. The van der Waals surface area contributed by atoms with E-state index in [2.05, 4.69) is 9.36 Å². The summed E-state index contributed by atoms with van der Waals surface area (Å²) in [6.07, 6.45) is 0. The minimum atomic E-state index is 0.478. The predicted octanol–water partition coefficient (Wildman–Crippen LogP) is 1.59. The van der Waals surface area contributed by atoms with Gasteiger partial charge in [0.2, 0.25) is 0 Å². The topological polar surface area (TPSA) is 25.8 Å². The van der Waals surface area contributed by atoms with E-state index in [1.165, 1.54) is 11.5 Å². The van der Waals surface area contributed by atoms with Gasteiger partial charge in [-0.05, 0) is 18.5 Å². The molecule has 0 bridgehead atoms. The highest BCUT2D eigenvalue weighted by Gasteiger charge is 1.94. The molecular weight excluding hydrogens is 144 g/mol. The molecule has 0 saturated carbocycles. The Bertz CT molecular complexity index is 174. The van der Waals surface area contributed by atoms with Gasteiger partial charge in [0.1, 0.15) is 10.8 Å². The molecule has 0 fully saturated rings. The molecule has 8 heavy (non-hydrogen) atoms. The predicted molar refractivity (Wildman–Crippen MR) is 34.2 cm³/mol. The number of aromatic nitrogens is 2. The van der Waals surface area contributed by atoms with Crippen LogP contribution in [0.3, 0.4) is 0 Å². The molecule has 0 saturated heterocycles. The average Bonchev–Trinajstić information content (AvgIpc) is 2.14. The molecule has 0 aliphatic heterocycles. The summed E-state index contributed by atoms with van der Waals surface area (Å²) in [5.41, 5.74) is 0. The van der Waals surface area contributed by atoms with Crippen molar-refractivity contribution in [3.05, 3.63) is 10.8 Å². The molecule has 1 heterocycles. The maximum absolute atomic E-state index is 5.45. The largest absolute Gasteiger partial charge is 0.224 e. The van der Waals surface area contributed by atoms with Gasteiger partial charge in [0, 0.05) is 0 Å². The maximum atomic E-state index is 5.45. The van der Waals surface area contributed by atoms with Gasteiger partial charge < -0.3 is 0 Å². The highest BCUT2D eigenvalue weighted by molar-refractivity contribution is 7.05.